The molecular weight excluding hydrogens is 422 g/mol. The van der Waals surface area contributed by atoms with E-state index in [9.17, 15) is 13.2 Å². The second-order valence-electron chi connectivity index (χ2n) is 6.95. The number of carbonyl (C=O) groups excluding carboxylic acids is 1. The lowest BCUT2D eigenvalue weighted by Crippen LogP contribution is -2.27. The number of hydrogen-bond donors (Lipinski definition) is 1. The molecule has 156 valence electrons. The van der Waals surface area contributed by atoms with Crippen LogP contribution in [0.15, 0.2) is 77.7 Å². The summed E-state index contributed by atoms with van der Waals surface area (Å²) in [6, 6.07) is 20.5. The maximum atomic E-state index is 12.8. The summed E-state index contributed by atoms with van der Waals surface area (Å²) in [4.78, 5) is 13.1. The lowest BCUT2D eigenvalue weighted by Gasteiger charge is -2.17. The van der Waals surface area contributed by atoms with Gasteiger partial charge in [-0.05, 0) is 54.4 Å². The Kier molecular flexibility index (Phi) is 6.80. The molecule has 0 aliphatic rings. The molecule has 30 heavy (non-hydrogen) atoms. The minimum Gasteiger partial charge on any atom is -0.488 e. The maximum Gasteiger partial charge on any atom is 0.255 e. The zero-order chi connectivity index (χ0) is 21.7. The van der Waals surface area contributed by atoms with Gasteiger partial charge in [-0.2, -0.15) is 0 Å². The van der Waals surface area contributed by atoms with Gasteiger partial charge in [0, 0.05) is 11.3 Å². The van der Waals surface area contributed by atoms with Crippen molar-refractivity contribution < 1.29 is 17.9 Å². The molecule has 3 aromatic rings. The van der Waals surface area contributed by atoms with E-state index in [1.54, 1.807) is 48.5 Å². The van der Waals surface area contributed by atoms with Crippen LogP contribution in [0.3, 0.4) is 0 Å². The Balaban J connectivity index is 1.70. The SMILES string of the molecule is CC(NC(=O)c1ccccc1OCc1ccc(Cl)cc1)c1ccc(S(C)(=O)=O)cc1. The molecule has 0 aromatic heterocycles. The Bertz CT molecular complexity index is 1130. The van der Waals surface area contributed by atoms with E-state index >= 15 is 0 Å². The van der Waals surface area contributed by atoms with Crippen LogP contribution in [0.1, 0.15) is 34.5 Å². The topological polar surface area (TPSA) is 72.5 Å². The highest BCUT2D eigenvalue weighted by Crippen LogP contribution is 2.22. The van der Waals surface area contributed by atoms with Crippen molar-refractivity contribution in [3.63, 3.8) is 0 Å². The van der Waals surface area contributed by atoms with Crippen molar-refractivity contribution in [1.29, 1.82) is 0 Å². The first-order chi connectivity index (χ1) is 14.2. The molecule has 0 aliphatic carbocycles. The number of hydrogen-bond acceptors (Lipinski definition) is 4. The van der Waals surface area contributed by atoms with Crippen LogP contribution in [0.2, 0.25) is 5.02 Å². The summed E-state index contributed by atoms with van der Waals surface area (Å²) < 4.78 is 29.1. The lowest BCUT2D eigenvalue weighted by atomic mass is 10.1. The number of nitrogens with one attached hydrogen (secondary N) is 1. The van der Waals surface area contributed by atoms with E-state index < -0.39 is 9.84 Å². The number of benzene rings is 3. The third-order valence-corrected chi connectivity index (χ3v) is 5.98. The minimum atomic E-state index is -3.26. The van der Waals surface area contributed by atoms with Crippen LogP contribution in [-0.2, 0) is 16.4 Å². The van der Waals surface area contributed by atoms with Crippen LogP contribution in [0.25, 0.3) is 0 Å². The molecule has 3 aromatic carbocycles. The van der Waals surface area contributed by atoms with Gasteiger partial charge in [-0.15, -0.1) is 0 Å². The average molecular weight is 444 g/mol. The van der Waals surface area contributed by atoms with Crippen molar-refractivity contribution in [1.82, 2.24) is 5.32 Å². The lowest BCUT2D eigenvalue weighted by molar-refractivity contribution is 0.0935. The van der Waals surface area contributed by atoms with Crippen molar-refractivity contribution in [3.8, 4) is 5.75 Å². The maximum absolute atomic E-state index is 12.8. The Morgan fingerprint density at radius 2 is 1.63 bits per heavy atom. The monoisotopic (exact) mass is 443 g/mol. The first kappa shape index (κ1) is 21.9. The summed E-state index contributed by atoms with van der Waals surface area (Å²) in [5, 5.41) is 3.58. The number of halogens is 1. The van der Waals surface area contributed by atoms with Crippen LogP contribution < -0.4 is 10.1 Å². The first-order valence-electron chi connectivity index (χ1n) is 9.31. The van der Waals surface area contributed by atoms with E-state index in [1.807, 2.05) is 19.1 Å². The highest BCUT2D eigenvalue weighted by molar-refractivity contribution is 7.90. The number of para-hydroxylation sites is 1. The van der Waals surface area contributed by atoms with Crippen LogP contribution in [-0.4, -0.2) is 20.6 Å². The average Bonchev–Trinajstić information content (AvgIpc) is 2.73. The fourth-order valence-electron chi connectivity index (χ4n) is 2.88. The number of rotatable bonds is 7. The van der Waals surface area contributed by atoms with Crippen LogP contribution >= 0.6 is 11.6 Å². The van der Waals surface area contributed by atoms with E-state index in [2.05, 4.69) is 5.32 Å². The summed E-state index contributed by atoms with van der Waals surface area (Å²) in [7, 11) is -3.26. The van der Waals surface area contributed by atoms with Crippen molar-refractivity contribution in [2.24, 2.45) is 0 Å². The molecule has 0 aliphatic heterocycles. The molecule has 1 N–H and O–H groups in total. The standard InChI is InChI=1S/C23H22ClNO4S/c1-16(18-9-13-20(14-10-18)30(2,27)28)25-23(26)21-5-3-4-6-22(21)29-15-17-7-11-19(24)12-8-17/h3-14,16H,15H2,1-2H3,(H,25,26). The molecule has 0 saturated heterocycles. The molecule has 3 rings (SSSR count). The molecule has 0 spiro atoms. The van der Waals surface area contributed by atoms with Gasteiger partial charge >= 0.3 is 0 Å². The number of ether oxygens (including phenoxy) is 1. The smallest absolute Gasteiger partial charge is 0.255 e. The van der Waals surface area contributed by atoms with Gasteiger partial charge in [0.25, 0.3) is 5.91 Å². The predicted molar refractivity (Wildman–Crippen MR) is 118 cm³/mol. The summed E-state index contributed by atoms with van der Waals surface area (Å²) in [5.41, 5.74) is 2.16. The van der Waals surface area contributed by atoms with E-state index in [-0.39, 0.29) is 16.8 Å². The highest BCUT2D eigenvalue weighted by atomic mass is 35.5. The molecule has 0 fully saturated rings. The number of amides is 1. The van der Waals surface area contributed by atoms with Crippen molar-refractivity contribution in [2.45, 2.75) is 24.5 Å². The Morgan fingerprint density at radius 3 is 2.27 bits per heavy atom. The second kappa shape index (κ2) is 9.32. The number of carbonyl (C=O) groups is 1. The molecule has 1 atom stereocenters. The fourth-order valence-corrected chi connectivity index (χ4v) is 3.64. The quantitative estimate of drug-likeness (QED) is 0.568. The van der Waals surface area contributed by atoms with E-state index in [1.165, 1.54) is 12.1 Å². The van der Waals surface area contributed by atoms with Crippen molar-refractivity contribution in [3.05, 3.63) is 94.5 Å². The summed E-state index contributed by atoms with van der Waals surface area (Å²) in [6.07, 6.45) is 1.16. The normalized spacial score (nSPS) is 12.2. The van der Waals surface area contributed by atoms with Gasteiger partial charge < -0.3 is 10.1 Å². The Hall–Kier alpha value is -2.83. The van der Waals surface area contributed by atoms with Crippen LogP contribution in [0, 0.1) is 0 Å². The summed E-state index contributed by atoms with van der Waals surface area (Å²) in [5.74, 6) is 0.200. The van der Waals surface area contributed by atoms with Gasteiger partial charge in [-0.25, -0.2) is 8.42 Å². The zero-order valence-corrected chi connectivity index (χ0v) is 18.2. The predicted octanol–water partition coefficient (Wildman–Crippen LogP) is 4.81. The largest absolute Gasteiger partial charge is 0.488 e. The Labute approximate surface area is 181 Å². The molecule has 0 heterocycles. The van der Waals surface area contributed by atoms with Crippen LogP contribution in [0.5, 0.6) is 5.75 Å². The van der Waals surface area contributed by atoms with Crippen molar-refractivity contribution >= 4 is 27.3 Å². The van der Waals surface area contributed by atoms with E-state index in [0.29, 0.717) is 22.9 Å². The van der Waals surface area contributed by atoms with Gasteiger partial charge in [0.2, 0.25) is 0 Å². The van der Waals surface area contributed by atoms with Crippen LogP contribution in [0.4, 0.5) is 0 Å². The summed E-state index contributed by atoms with van der Waals surface area (Å²) in [6.45, 7) is 2.15. The van der Waals surface area contributed by atoms with Crippen molar-refractivity contribution in [2.75, 3.05) is 6.26 Å². The molecular formula is C23H22ClNO4S. The molecule has 0 saturated carbocycles. The molecule has 7 heteroatoms. The number of sulfone groups is 1. The molecule has 1 amide bonds. The molecule has 0 radical (unpaired) electrons. The van der Waals surface area contributed by atoms with E-state index in [0.717, 1.165) is 17.4 Å². The second-order valence-corrected chi connectivity index (χ2v) is 9.40. The molecule has 5 nitrogen and oxygen atoms in total. The van der Waals surface area contributed by atoms with Gasteiger partial charge in [-0.3, -0.25) is 4.79 Å². The van der Waals surface area contributed by atoms with Gasteiger partial charge in [0.05, 0.1) is 16.5 Å². The molecule has 0 bridgehead atoms. The fraction of sp³-hybridized carbons (Fsp3) is 0.174. The van der Waals surface area contributed by atoms with Gasteiger partial charge in [-0.1, -0.05) is 48.0 Å². The van der Waals surface area contributed by atoms with E-state index in [4.69, 9.17) is 16.3 Å². The molecule has 1 unspecified atom stereocenters. The van der Waals surface area contributed by atoms with Gasteiger partial charge in [0.15, 0.2) is 9.84 Å². The third kappa shape index (κ3) is 5.62. The zero-order valence-electron chi connectivity index (χ0n) is 16.6. The van der Waals surface area contributed by atoms with Gasteiger partial charge in [0.1, 0.15) is 12.4 Å². The first-order valence-corrected chi connectivity index (χ1v) is 11.6. The Morgan fingerprint density at radius 1 is 1.00 bits per heavy atom. The third-order valence-electron chi connectivity index (χ3n) is 4.60. The minimum absolute atomic E-state index is 0.241. The highest BCUT2D eigenvalue weighted by Gasteiger charge is 2.16. The summed E-state index contributed by atoms with van der Waals surface area (Å²) >= 11 is 5.90.